The minimum atomic E-state index is 0.605. The quantitative estimate of drug-likeness (QED) is 0.728. The highest BCUT2D eigenvalue weighted by molar-refractivity contribution is 7.26. The van der Waals surface area contributed by atoms with Crippen molar-refractivity contribution in [2.24, 2.45) is 0 Å². The van der Waals surface area contributed by atoms with Crippen molar-refractivity contribution in [1.82, 2.24) is 9.97 Å². The van der Waals surface area contributed by atoms with Gasteiger partial charge < -0.3 is 5.73 Å². The predicted molar refractivity (Wildman–Crippen MR) is 74.6 cm³/mol. The zero-order chi connectivity index (χ0) is 12.0. The summed E-state index contributed by atoms with van der Waals surface area (Å²) < 4.78 is 1.21. The van der Waals surface area contributed by atoms with Gasteiger partial charge in [0.05, 0.1) is 20.8 Å². The van der Waals surface area contributed by atoms with Crippen LogP contribution in [-0.4, -0.2) is 9.97 Å². The lowest BCUT2D eigenvalue weighted by molar-refractivity contribution is 1.27. The van der Waals surface area contributed by atoms with Crippen molar-refractivity contribution >= 4 is 38.0 Å². The van der Waals surface area contributed by atoms with Crippen molar-refractivity contribution in [2.45, 2.75) is 13.8 Å². The van der Waals surface area contributed by atoms with Crippen LogP contribution >= 0.6 is 22.7 Å². The lowest BCUT2D eigenvalue weighted by Crippen LogP contribution is -1.81. The first-order valence-electron chi connectivity index (χ1n) is 5.24. The Labute approximate surface area is 107 Å². The maximum Gasteiger partial charge on any atom is 0.180 e. The molecule has 3 nitrogen and oxygen atoms in total. The second kappa shape index (κ2) is 3.78. The normalized spacial score (nSPS) is 11.2. The van der Waals surface area contributed by atoms with Gasteiger partial charge in [0.2, 0.25) is 0 Å². The predicted octanol–water partition coefficient (Wildman–Crippen LogP) is 3.62. The zero-order valence-corrected chi connectivity index (χ0v) is 11.2. The SMILES string of the molecule is Cc1nc(N)sc1-c1nc2c(C)cccc2s1. The van der Waals surface area contributed by atoms with Crippen LogP contribution in [0.25, 0.3) is 20.1 Å². The highest BCUT2D eigenvalue weighted by Crippen LogP contribution is 2.37. The van der Waals surface area contributed by atoms with E-state index in [1.165, 1.54) is 21.6 Å². The van der Waals surface area contributed by atoms with Gasteiger partial charge in [-0.1, -0.05) is 23.5 Å². The molecule has 0 spiro atoms. The average Bonchev–Trinajstić information content (AvgIpc) is 2.82. The summed E-state index contributed by atoms with van der Waals surface area (Å²) in [7, 11) is 0. The third-order valence-electron chi connectivity index (χ3n) is 2.63. The largest absolute Gasteiger partial charge is 0.375 e. The Morgan fingerprint density at radius 1 is 1.12 bits per heavy atom. The smallest absolute Gasteiger partial charge is 0.180 e. The summed E-state index contributed by atoms with van der Waals surface area (Å²) in [5, 5.41) is 1.62. The second-order valence-electron chi connectivity index (χ2n) is 3.91. The molecule has 0 fully saturated rings. The Hall–Kier alpha value is -1.46. The van der Waals surface area contributed by atoms with Crippen molar-refractivity contribution < 1.29 is 0 Å². The minimum absolute atomic E-state index is 0.605. The molecule has 3 rings (SSSR count). The summed E-state index contributed by atoms with van der Waals surface area (Å²) in [5.41, 5.74) is 8.98. The molecule has 0 saturated carbocycles. The summed E-state index contributed by atoms with van der Waals surface area (Å²) in [6, 6.07) is 6.25. The van der Waals surface area contributed by atoms with Gasteiger partial charge in [0.25, 0.3) is 0 Å². The van der Waals surface area contributed by atoms with Gasteiger partial charge in [-0.05, 0) is 25.5 Å². The van der Waals surface area contributed by atoms with E-state index in [9.17, 15) is 0 Å². The number of hydrogen-bond acceptors (Lipinski definition) is 5. The van der Waals surface area contributed by atoms with E-state index in [0.29, 0.717) is 5.13 Å². The fourth-order valence-electron chi connectivity index (χ4n) is 1.80. The first kappa shape index (κ1) is 10.7. The molecule has 86 valence electrons. The number of nitrogens with zero attached hydrogens (tertiary/aromatic N) is 2. The average molecular weight is 261 g/mol. The van der Waals surface area contributed by atoms with Crippen LogP contribution in [0.2, 0.25) is 0 Å². The summed E-state index contributed by atoms with van der Waals surface area (Å²) in [6.45, 7) is 4.06. The van der Waals surface area contributed by atoms with E-state index >= 15 is 0 Å². The molecule has 0 amide bonds. The molecule has 0 aliphatic heterocycles. The number of aromatic nitrogens is 2. The molecule has 1 aromatic carbocycles. The lowest BCUT2D eigenvalue weighted by atomic mass is 10.2. The molecule has 2 aromatic heterocycles. The number of benzene rings is 1. The molecule has 0 bridgehead atoms. The second-order valence-corrected chi connectivity index (χ2v) is 5.97. The van der Waals surface area contributed by atoms with Gasteiger partial charge in [-0.15, -0.1) is 11.3 Å². The summed E-state index contributed by atoms with van der Waals surface area (Å²) >= 11 is 3.20. The fraction of sp³-hybridized carbons (Fsp3) is 0.167. The molecule has 0 aliphatic carbocycles. The molecule has 0 radical (unpaired) electrons. The van der Waals surface area contributed by atoms with E-state index in [2.05, 4.69) is 30.1 Å². The van der Waals surface area contributed by atoms with E-state index in [4.69, 9.17) is 10.7 Å². The van der Waals surface area contributed by atoms with Crippen LogP contribution in [-0.2, 0) is 0 Å². The van der Waals surface area contributed by atoms with E-state index in [1.54, 1.807) is 11.3 Å². The number of aryl methyl sites for hydroxylation is 2. The number of hydrogen-bond donors (Lipinski definition) is 1. The Kier molecular flexibility index (Phi) is 2.38. The van der Waals surface area contributed by atoms with Crippen LogP contribution in [0.4, 0.5) is 5.13 Å². The highest BCUT2D eigenvalue weighted by atomic mass is 32.1. The zero-order valence-electron chi connectivity index (χ0n) is 9.52. The van der Waals surface area contributed by atoms with Crippen molar-refractivity contribution in [3.63, 3.8) is 0 Å². The molecule has 0 atom stereocenters. The topological polar surface area (TPSA) is 51.8 Å². The van der Waals surface area contributed by atoms with E-state index in [-0.39, 0.29) is 0 Å². The summed E-state index contributed by atoms with van der Waals surface area (Å²) in [6.07, 6.45) is 0. The van der Waals surface area contributed by atoms with Crippen LogP contribution in [0.3, 0.4) is 0 Å². The third-order valence-corrected chi connectivity index (χ3v) is 4.79. The molecule has 5 heteroatoms. The lowest BCUT2D eigenvalue weighted by Gasteiger charge is -1.91. The molecule has 2 heterocycles. The molecular weight excluding hydrogens is 250 g/mol. The highest BCUT2D eigenvalue weighted by Gasteiger charge is 2.13. The van der Waals surface area contributed by atoms with Crippen LogP contribution in [0.5, 0.6) is 0 Å². The maximum atomic E-state index is 5.73. The van der Waals surface area contributed by atoms with Gasteiger partial charge in [0.1, 0.15) is 5.01 Å². The molecule has 17 heavy (non-hydrogen) atoms. The number of para-hydroxylation sites is 1. The fourth-order valence-corrected chi connectivity index (χ4v) is 3.80. The summed E-state index contributed by atoms with van der Waals surface area (Å²) in [5.74, 6) is 0. The number of rotatable bonds is 1. The van der Waals surface area contributed by atoms with Crippen LogP contribution in [0, 0.1) is 13.8 Å². The van der Waals surface area contributed by atoms with E-state index in [0.717, 1.165) is 21.1 Å². The Balaban J connectivity index is 2.25. The number of fused-ring (bicyclic) bond motifs is 1. The van der Waals surface area contributed by atoms with Gasteiger partial charge in [-0.25, -0.2) is 9.97 Å². The minimum Gasteiger partial charge on any atom is -0.375 e. The first-order chi connectivity index (χ1) is 8.15. The van der Waals surface area contributed by atoms with Gasteiger partial charge in [-0.2, -0.15) is 0 Å². The maximum absolute atomic E-state index is 5.73. The van der Waals surface area contributed by atoms with Gasteiger partial charge in [-0.3, -0.25) is 0 Å². The van der Waals surface area contributed by atoms with Gasteiger partial charge >= 0.3 is 0 Å². The molecule has 0 aliphatic rings. The van der Waals surface area contributed by atoms with Crippen molar-refractivity contribution in [3.05, 3.63) is 29.5 Å². The first-order valence-corrected chi connectivity index (χ1v) is 6.88. The Morgan fingerprint density at radius 2 is 1.94 bits per heavy atom. The Morgan fingerprint density at radius 3 is 2.59 bits per heavy atom. The van der Waals surface area contributed by atoms with Crippen LogP contribution in [0.15, 0.2) is 18.2 Å². The molecule has 0 saturated heterocycles. The third kappa shape index (κ3) is 1.71. The van der Waals surface area contributed by atoms with Crippen molar-refractivity contribution in [1.29, 1.82) is 0 Å². The standard InChI is InChI=1S/C12H11N3S2/c1-6-4-3-5-8-9(6)15-11(16-8)10-7(2)14-12(13)17-10/h3-5H,1-2H3,(H2,13,14). The van der Waals surface area contributed by atoms with E-state index < -0.39 is 0 Å². The Bertz CT molecular complexity index is 697. The van der Waals surface area contributed by atoms with Gasteiger partial charge in [0, 0.05) is 0 Å². The number of anilines is 1. The van der Waals surface area contributed by atoms with Gasteiger partial charge in [0.15, 0.2) is 5.13 Å². The van der Waals surface area contributed by atoms with Crippen LogP contribution < -0.4 is 5.73 Å². The van der Waals surface area contributed by atoms with Crippen molar-refractivity contribution in [2.75, 3.05) is 5.73 Å². The number of thiazole rings is 2. The van der Waals surface area contributed by atoms with E-state index in [1.807, 2.05) is 6.92 Å². The number of nitrogens with two attached hydrogens (primary N) is 1. The molecule has 3 aromatic rings. The molecule has 2 N–H and O–H groups in total. The molecular formula is C12H11N3S2. The molecule has 0 unspecified atom stereocenters. The number of nitrogen functional groups attached to an aromatic ring is 1. The van der Waals surface area contributed by atoms with Crippen molar-refractivity contribution in [3.8, 4) is 9.88 Å². The monoisotopic (exact) mass is 261 g/mol. The summed E-state index contributed by atoms with van der Waals surface area (Å²) in [4.78, 5) is 10.0. The van der Waals surface area contributed by atoms with Crippen LogP contribution in [0.1, 0.15) is 11.3 Å².